The summed E-state index contributed by atoms with van der Waals surface area (Å²) in [6.45, 7) is 3.79. The molecule has 158 valence electrons. The van der Waals surface area contributed by atoms with Gasteiger partial charge in [-0.25, -0.2) is 9.67 Å². The number of aryl methyl sites for hydroxylation is 2. The van der Waals surface area contributed by atoms with Crippen molar-refractivity contribution in [1.29, 1.82) is 0 Å². The molecule has 0 atom stereocenters. The molecule has 4 aromatic rings. The Bertz CT molecular complexity index is 1230. The highest BCUT2D eigenvalue weighted by Gasteiger charge is 2.40. The third kappa shape index (κ3) is 4.36. The number of nitrogens with one attached hydrogen (secondary N) is 1. The molecular weight excluding hydrogens is 425 g/mol. The van der Waals surface area contributed by atoms with E-state index in [0.717, 1.165) is 38.9 Å². The fraction of sp³-hybridized carbons (Fsp3) is 0.136. The molecule has 0 fully saturated rings. The van der Waals surface area contributed by atoms with E-state index >= 15 is 0 Å². The van der Waals surface area contributed by atoms with Crippen molar-refractivity contribution in [1.82, 2.24) is 14.8 Å². The molecule has 2 heterocycles. The van der Waals surface area contributed by atoms with E-state index in [-0.39, 0.29) is 10.8 Å². The second-order valence-electron chi connectivity index (χ2n) is 7.01. The normalized spacial score (nSPS) is 11.5. The van der Waals surface area contributed by atoms with Crippen LogP contribution in [0.25, 0.3) is 16.9 Å². The fourth-order valence-electron chi connectivity index (χ4n) is 3.02. The van der Waals surface area contributed by atoms with E-state index in [9.17, 15) is 18.0 Å². The van der Waals surface area contributed by atoms with Crippen LogP contribution in [-0.4, -0.2) is 20.7 Å². The van der Waals surface area contributed by atoms with Crippen LogP contribution in [-0.2, 0) is 6.18 Å². The number of alkyl halides is 3. The van der Waals surface area contributed by atoms with Gasteiger partial charge in [0.25, 0.3) is 5.91 Å². The van der Waals surface area contributed by atoms with Crippen molar-refractivity contribution in [3.63, 3.8) is 0 Å². The van der Waals surface area contributed by atoms with E-state index in [1.54, 1.807) is 17.5 Å². The second-order valence-corrected chi connectivity index (χ2v) is 7.87. The van der Waals surface area contributed by atoms with E-state index < -0.39 is 23.3 Å². The van der Waals surface area contributed by atoms with Crippen molar-refractivity contribution >= 4 is 22.4 Å². The van der Waals surface area contributed by atoms with Crippen LogP contribution in [0.5, 0.6) is 0 Å². The third-order valence-electron chi connectivity index (χ3n) is 4.63. The van der Waals surface area contributed by atoms with Crippen LogP contribution < -0.4 is 5.32 Å². The maximum atomic E-state index is 13.8. The predicted molar refractivity (Wildman–Crippen MR) is 114 cm³/mol. The lowest BCUT2D eigenvalue weighted by Gasteiger charge is -2.12. The van der Waals surface area contributed by atoms with Crippen LogP contribution in [0.2, 0.25) is 0 Å². The van der Waals surface area contributed by atoms with Crippen molar-refractivity contribution in [2.75, 3.05) is 5.32 Å². The average Bonchev–Trinajstić information content (AvgIpc) is 3.36. The summed E-state index contributed by atoms with van der Waals surface area (Å²) in [6.07, 6.45) is -3.85. The molecule has 0 radical (unpaired) electrons. The standard InChI is InChI=1S/C22H17F3N4OS/c1-13-3-7-15(8-4-13)18-12-31-21(27-18)28-20(30)17-11-26-29(19(17)22(23,24)25)16-9-5-14(2)6-10-16/h3-12H,1-2H3,(H,27,28,30). The van der Waals surface area contributed by atoms with Crippen molar-refractivity contribution in [2.45, 2.75) is 20.0 Å². The predicted octanol–water partition coefficient (Wildman–Crippen LogP) is 5.88. The number of thiazole rings is 1. The van der Waals surface area contributed by atoms with Gasteiger partial charge in [-0.15, -0.1) is 11.3 Å². The van der Waals surface area contributed by atoms with Crippen molar-refractivity contribution in [3.8, 4) is 16.9 Å². The van der Waals surface area contributed by atoms with Gasteiger partial charge in [0.1, 0.15) is 0 Å². The molecule has 0 bridgehead atoms. The molecule has 1 N–H and O–H groups in total. The summed E-state index contributed by atoms with van der Waals surface area (Å²) in [6, 6.07) is 14.1. The number of halogens is 3. The van der Waals surface area contributed by atoms with Crippen molar-refractivity contribution < 1.29 is 18.0 Å². The van der Waals surface area contributed by atoms with Gasteiger partial charge in [0.2, 0.25) is 0 Å². The van der Waals surface area contributed by atoms with Crippen LogP contribution in [0.1, 0.15) is 27.2 Å². The molecule has 2 aromatic carbocycles. The first kappa shape index (κ1) is 20.8. The van der Waals surface area contributed by atoms with E-state index in [4.69, 9.17) is 0 Å². The maximum Gasteiger partial charge on any atom is 0.434 e. The minimum absolute atomic E-state index is 0.205. The number of anilines is 1. The van der Waals surface area contributed by atoms with E-state index in [1.165, 1.54) is 12.1 Å². The van der Waals surface area contributed by atoms with Gasteiger partial charge < -0.3 is 0 Å². The Balaban J connectivity index is 1.63. The first-order valence-corrected chi connectivity index (χ1v) is 10.2. The van der Waals surface area contributed by atoms with Crippen LogP contribution in [0.3, 0.4) is 0 Å². The lowest BCUT2D eigenvalue weighted by atomic mass is 10.1. The number of carbonyl (C=O) groups is 1. The summed E-state index contributed by atoms with van der Waals surface area (Å²) in [5, 5.41) is 8.23. The zero-order chi connectivity index (χ0) is 22.2. The second kappa shape index (κ2) is 7.99. The first-order valence-electron chi connectivity index (χ1n) is 9.28. The average molecular weight is 442 g/mol. The molecule has 0 aliphatic rings. The highest BCUT2D eigenvalue weighted by molar-refractivity contribution is 7.14. The zero-order valence-electron chi connectivity index (χ0n) is 16.6. The Labute approximate surface area is 180 Å². The van der Waals surface area contributed by atoms with Gasteiger partial charge in [-0.3, -0.25) is 10.1 Å². The van der Waals surface area contributed by atoms with Gasteiger partial charge in [-0.2, -0.15) is 18.3 Å². The molecule has 31 heavy (non-hydrogen) atoms. The quantitative estimate of drug-likeness (QED) is 0.429. The molecular formula is C22H17F3N4OS. The minimum Gasteiger partial charge on any atom is -0.298 e. The molecule has 2 aromatic heterocycles. The molecule has 9 heteroatoms. The maximum absolute atomic E-state index is 13.8. The van der Waals surface area contributed by atoms with Crippen LogP contribution in [0.4, 0.5) is 18.3 Å². The summed E-state index contributed by atoms with van der Waals surface area (Å²) < 4.78 is 42.2. The molecule has 5 nitrogen and oxygen atoms in total. The number of carbonyl (C=O) groups excluding carboxylic acids is 1. The molecule has 0 unspecified atom stereocenters. The van der Waals surface area contributed by atoms with Gasteiger partial charge in [0.05, 0.1) is 23.1 Å². The van der Waals surface area contributed by atoms with E-state index in [0.29, 0.717) is 5.69 Å². The molecule has 0 spiro atoms. The fourth-order valence-corrected chi connectivity index (χ4v) is 3.74. The van der Waals surface area contributed by atoms with Crippen LogP contribution in [0, 0.1) is 13.8 Å². The van der Waals surface area contributed by atoms with Crippen molar-refractivity contribution in [2.24, 2.45) is 0 Å². The molecule has 0 saturated heterocycles. The van der Waals surface area contributed by atoms with Crippen LogP contribution in [0.15, 0.2) is 60.1 Å². The Morgan fingerprint density at radius 3 is 2.23 bits per heavy atom. The highest BCUT2D eigenvalue weighted by Crippen LogP contribution is 2.34. The van der Waals surface area contributed by atoms with Crippen LogP contribution >= 0.6 is 11.3 Å². The summed E-state index contributed by atoms with van der Waals surface area (Å²) >= 11 is 1.14. The van der Waals surface area contributed by atoms with Gasteiger partial charge in [-0.05, 0) is 26.0 Å². The van der Waals surface area contributed by atoms with Gasteiger partial charge >= 0.3 is 6.18 Å². The van der Waals surface area contributed by atoms with Gasteiger partial charge in [0, 0.05) is 10.9 Å². The number of aromatic nitrogens is 3. The number of amides is 1. The molecule has 1 amide bonds. The zero-order valence-corrected chi connectivity index (χ0v) is 17.4. The van der Waals surface area contributed by atoms with E-state index in [1.807, 2.05) is 38.1 Å². The lowest BCUT2D eigenvalue weighted by Crippen LogP contribution is -2.20. The van der Waals surface area contributed by atoms with Crippen molar-refractivity contribution in [3.05, 3.63) is 82.5 Å². The Hall–Kier alpha value is -3.46. The number of hydrogen-bond acceptors (Lipinski definition) is 4. The summed E-state index contributed by atoms with van der Waals surface area (Å²) in [5.74, 6) is -0.921. The molecule has 0 aliphatic heterocycles. The largest absolute Gasteiger partial charge is 0.434 e. The number of rotatable bonds is 4. The van der Waals surface area contributed by atoms with E-state index in [2.05, 4.69) is 15.4 Å². The first-order chi connectivity index (χ1) is 14.7. The minimum atomic E-state index is -4.77. The summed E-state index contributed by atoms with van der Waals surface area (Å²) in [7, 11) is 0. The number of benzene rings is 2. The Kier molecular flexibility index (Phi) is 5.36. The molecule has 0 saturated carbocycles. The van der Waals surface area contributed by atoms with Gasteiger partial charge in [0.15, 0.2) is 10.8 Å². The number of nitrogens with zero attached hydrogens (tertiary/aromatic N) is 3. The number of hydrogen-bond donors (Lipinski definition) is 1. The molecule has 0 aliphatic carbocycles. The smallest absolute Gasteiger partial charge is 0.298 e. The monoisotopic (exact) mass is 442 g/mol. The highest BCUT2D eigenvalue weighted by atomic mass is 32.1. The Morgan fingerprint density at radius 1 is 1.00 bits per heavy atom. The molecule has 4 rings (SSSR count). The third-order valence-corrected chi connectivity index (χ3v) is 5.39. The van der Waals surface area contributed by atoms with Gasteiger partial charge in [-0.1, -0.05) is 47.5 Å². The SMILES string of the molecule is Cc1ccc(-c2csc(NC(=O)c3cnn(-c4ccc(C)cc4)c3C(F)(F)F)n2)cc1. The summed E-state index contributed by atoms with van der Waals surface area (Å²) in [5.41, 5.74) is 1.99. The lowest BCUT2D eigenvalue weighted by molar-refractivity contribution is -0.143. The topological polar surface area (TPSA) is 59.8 Å². The Morgan fingerprint density at radius 2 is 1.61 bits per heavy atom. The summed E-state index contributed by atoms with van der Waals surface area (Å²) in [4.78, 5) is 17.0.